The van der Waals surface area contributed by atoms with Crippen molar-refractivity contribution in [2.24, 2.45) is 0 Å². The molecule has 0 aliphatic carbocycles. The summed E-state index contributed by atoms with van der Waals surface area (Å²) >= 11 is 0. The van der Waals surface area contributed by atoms with Crippen LogP contribution in [0.5, 0.6) is 5.75 Å². The first kappa shape index (κ1) is 22.8. The van der Waals surface area contributed by atoms with Crippen molar-refractivity contribution in [3.63, 3.8) is 0 Å². The number of likely N-dealkylation sites (tertiary alicyclic amines) is 1. The average molecular weight is 459 g/mol. The number of rotatable bonds is 5. The second-order valence-electron chi connectivity index (χ2n) is 8.42. The van der Waals surface area contributed by atoms with E-state index < -0.39 is 10.0 Å². The van der Waals surface area contributed by atoms with Crippen molar-refractivity contribution in [3.8, 4) is 5.75 Å². The summed E-state index contributed by atoms with van der Waals surface area (Å²) in [5.74, 6) is 0.831. The fraction of sp³-hybridized carbons (Fsp3) is 0.458. The molecule has 0 N–H and O–H groups in total. The molecule has 2 saturated heterocycles. The zero-order valence-corrected chi connectivity index (χ0v) is 19.4. The first-order chi connectivity index (χ1) is 15.3. The number of hydrogen-bond acceptors (Lipinski definition) is 5. The number of carbonyl (C=O) groups excluding carboxylic acids is 1. The molecule has 2 aliphatic heterocycles. The van der Waals surface area contributed by atoms with Gasteiger partial charge < -0.3 is 14.4 Å². The van der Waals surface area contributed by atoms with Crippen LogP contribution in [0.1, 0.15) is 34.3 Å². The third-order valence-electron chi connectivity index (χ3n) is 6.08. The number of carbonyl (C=O) groups is 1. The molecule has 0 saturated carbocycles. The van der Waals surface area contributed by atoms with E-state index in [0.29, 0.717) is 45.0 Å². The number of amides is 1. The predicted octanol–water partition coefficient (Wildman–Crippen LogP) is 3.01. The molecule has 2 aromatic carbocycles. The van der Waals surface area contributed by atoms with Crippen LogP contribution in [-0.4, -0.2) is 69.0 Å². The van der Waals surface area contributed by atoms with E-state index in [4.69, 9.17) is 9.47 Å². The molecular weight excluding hydrogens is 428 g/mol. The van der Waals surface area contributed by atoms with E-state index in [1.54, 1.807) is 12.1 Å². The maximum absolute atomic E-state index is 12.9. The standard InChI is InChI=1S/C24H30N2O5S/c1-18-3-4-19(2)23(17-18)31-21-9-11-25(12-10-21)24(27)20-5-7-22(8-6-20)32(28,29)26-13-15-30-16-14-26/h3-8,17,21H,9-16H2,1-2H3. The normalized spacial score (nSPS) is 18.5. The Bertz CT molecular complexity index is 1050. The largest absolute Gasteiger partial charge is 0.490 e. The van der Waals surface area contributed by atoms with Crippen LogP contribution in [0.15, 0.2) is 47.4 Å². The minimum atomic E-state index is -3.56. The quantitative estimate of drug-likeness (QED) is 0.689. The maximum atomic E-state index is 12.9. The highest BCUT2D eigenvalue weighted by Crippen LogP contribution is 2.25. The lowest BCUT2D eigenvalue weighted by molar-refractivity contribution is 0.0594. The molecule has 172 valence electrons. The highest BCUT2D eigenvalue weighted by molar-refractivity contribution is 7.89. The van der Waals surface area contributed by atoms with Crippen LogP contribution in [0.25, 0.3) is 0 Å². The van der Waals surface area contributed by atoms with Crippen LogP contribution >= 0.6 is 0 Å². The molecule has 0 aromatic heterocycles. The van der Waals surface area contributed by atoms with Gasteiger partial charge in [0, 0.05) is 44.6 Å². The van der Waals surface area contributed by atoms with Crippen molar-refractivity contribution in [1.82, 2.24) is 9.21 Å². The highest BCUT2D eigenvalue weighted by Gasteiger charge is 2.28. The fourth-order valence-corrected chi connectivity index (χ4v) is 5.49. The number of hydrogen-bond donors (Lipinski definition) is 0. The second kappa shape index (κ2) is 9.60. The summed E-state index contributed by atoms with van der Waals surface area (Å²) in [5.41, 5.74) is 2.78. The Labute approximate surface area is 190 Å². The van der Waals surface area contributed by atoms with Gasteiger partial charge in [-0.3, -0.25) is 4.79 Å². The number of piperidine rings is 1. The van der Waals surface area contributed by atoms with Gasteiger partial charge in [0.2, 0.25) is 10.0 Å². The zero-order chi connectivity index (χ0) is 22.7. The zero-order valence-electron chi connectivity index (χ0n) is 18.6. The van der Waals surface area contributed by atoms with Crippen LogP contribution in [0.3, 0.4) is 0 Å². The van der Waals surface area contributed by atoms with Crippen molar-refractivity contribution in [2.45, 2.75) is 37.7 Å². The first-order valence-corrected chi connectivity index (χ1v) is 12.5. The van der Waals surface area contributed by atoms with Gasteiger partial charge in [-0.2, -0.15) is 4.31 Å². The van der Waals surface area contributed by atoms with E-state index in [-0.39, 0.29) is 16.9 Å². The van der Waals surface area contributed by atoms with E-state index in [9.17, 15) is 13.2 Å². The van der Waals surface area contributed by atoms with Gasteiger partial charge in [0.1, 0.15) is 11.9 Å². The van der Waals surface area contributed by atoms with E-state index in [2.05, 4.69) is 18.2 Å². The minimum absolute atomic E-state index is 0.0782. The van der Waals surface area contributed by atoms with E-state index in [1.165, 1.54) is 16.4 Å². The first-order valence-electron chi connectivity index (χ1n) is 11.1. The van der Waals surface area contributed by atoms with Crippen molar-refractivity contribution in [2.75, 3.05) is 39.4 Å². The van der Waals surface area contributed by atoms with Crippen LogP contribution < -0.4 is 4.74 Å². The van der Waals surface area contributed by atoms with Gasteiger partial charge in [-0.15, -0.1) is 0 Å². The molecule has 0 bridgehead atoms. The number of benzene rings is 2. The van der Waals surface area contributed by atoms with Gasteiger partial charge in [0.25, 0.3) is 5.91 Å². The van der Waals surface area contributed by atoms with E-state index >= 15 is 0 Å². The molecule has 0 radical (unpaired) electrons. The predicted molar refractivity (Wildman–Crippen MR) is 121 cm³/mol. The van der Waals surface area contributed by atoms with Crippen molar-refractivity contribution in [3.05, 3.63) is 59.2 Å². The smallest absolute Gasteiger partial charge is 0.253 e. The summed E-state index contributed by atoms with van der Waals surface area (Å²) in [6.07, 6.45) is 1.62. The second-order valence-corrected chi connectivity index (χ2v) is 10.4. The molecule has 4 rings (SSSR count). The molecule has 0 unspecified atom stereocenters. The molecule has 8 heteroatoms. The number of morpholine rings is 1. The summed E-state index contributed by atoms with van der Waals surface area (Å²) in [5, 5.41) is 0. The van der Waals surface area contributed by atoms with Crippen LogP contribution in [0, 0.1) is 13.8 Å². The highest BCUT2D eigenvalue weighted by atomic mass is 32.2. The summed E-state index contributed by atoms with van der Waals surface area (Å²) < 4.78 is 38.4. The van der Waals surface area contributed by atoms with Gasteiger partial charge in [0.05, 0.1) is 18.1 Å². The van der Waals surface area contributed by atoms with Gasteiger partial charge >= 0.3 is 0 Å². The Morgan fingerprint density at radius 3 is 2.28 bits per heavy atom. The maximum Gasteiger partial charge on any atom is 0.253 e. The Hall–Kier alpha value is -2.42. The summed E-state index contributed by atoms with van der Waals surface area (Å²) in [6.45, 7) is 6.81. The van der Waals surface area contributed by atoms with Crippen molar-refractivity contribution >= 4 is 15.9 Å². The molecule has 32 heavy (non-hydrogen) atoms. The fourth-order valence-electron chi connectivity index (χ4n) is 4.08. The topological polar surface area (TPSA) is 76.2 Å². The van der Waals surface area contributed by atoms with Gasteiger partial charge in [-0.25, -0.2) is 8.42 Å². The van der Waals surface area contributed by atoms with E-state index in [0.717, 1.165) is 29.7 Å². The molecule has 0 spiro atoms. The lowest BCUT2D eigenvalue weighted by Crippen LogP contribution is -2.42. The molecule has 2 heterocycles. The third kappa shape index (κ3) is 4.98. The number of aryl methyl sites for hydroxylation is 2. The number of nitrogens with zero attached hydrogens (tertiary/aromatic N) is 2. The SMILES string of the molecule is Cc1ccc(C)c(OC2CCN(C(=O)c3ccc(S(=O)(=O)N4CCOCC4)cc3)CC2)c1. The molecule has 1 amide bonds. The van der Waals surface area contributed by atoms with Crippen LogP contribution in [-0.2, 0) is 14.8 Å². The molecular formula is C24H30N2O5S. The molecule has 2 aliphatic rings. The monoisotopic (exact) mass is 458 g/mol. The third-order valence-corrected chi connectivity index (χ3v) is 7.99. The summed E-state index contributed by atoms with van der Waals surface area (Å²) in [7, 11) is -3.56. The average Bonchev–Trinajstić information content (AvgIpc) is 2.82. The van der Waals surface area contributed by atoms with Gasteiger partial charge in [-0.05, 0) is 55.3 Å². The van der Waals surface area contributed by atoms with Crippen molar-refractivity contribution < 1.29 is 22.7 Å². The Balaban J connectivity index is 1.35. The summed E-state index contributed by atoms with van der Waals surface area (Å²) in [6, 6.07) is 12.4. The molecule has 2 aromatic rings. The number of ether oxygens (including phenoxy) is 2. The van der Waals surface area contributed by atoms with Crippen LogP contribution in [0.2, 0.25) is 0 Å². The minimum Gasteiger partial charge on any atom is -0.490 e. The van der Waals surface area contributed by atoms with E-state index in [1.807, 2.05) is 18.7 Å². The lowest BCUT2D eigenvalue weighted by atomic mass is 10.1. The molecule has 2 fully saturated rings. The molecule has 0 atom stereocenters. The lowest BCUT2D eigenvalue weighted by Gasteiger charge is -2.32. The Morgan fingerprint density at radius 1 is 0.969 bits per heavy atom. The Morgan fingerprint density at radius 2 is 1.62 bits per heavy atom. The number of sulfonamides is 1. The van der Waals surface area contributed by atoms with Gasteiger partial charge in [0.15, 0.2) is 0 Å². The molecule has 7 nitrogen and oxygen atoms in total. The van der Waals surface area contributed by atoms with Crippen molar-refractivity contribution in [1.29, 1.82) is 0 Å². The summed E-state index contributed by atoms with van der Waals surface area (Å²) in [4.78, 5) is 15.0. The van der Waals surface area contributed by atoms with Crippen LogP contribution in [0.4, 0.5) is 0 Å². The Kier molecular flexibility index (Phi) is 6.83. The van der Waals surface area contributed by atoms with Gasteiger partial charge in [-0.1, -0.05) is 12.1 Å².